The van der Waals surface area contributed by atoms with Crippen molar-refractivity contribution in [1.29, 1.82) is 0 Å². The van der Waals surface area contributed by atoms with Crippen molar-refractivity contribution in [3.63, 3.8) is 0 Å². The molecule has 0 aliphatic heterocycles. The zero-order chi connectivity index (χ0) is 11.2. The van der Waals surface area contributed by atoms with Gasteiger partial charge in [-0.3, -0.25) is 9.13 Å². The van der Waals surface area contributed by atoms with Crippen molar-refractivity contribution < 1.29 is 0 Å². The number of fused-ring (bicyclic) bond motifs is 1. The van der Waals surface area contributed by atoms with Gasteiger partial charge in [0.05, 0.1) is 11.0 Å². The van der Waals surface area contributed by atoms with Gasteiger partial charge in [0.2, 0.25) is 0 Å². The minimum Gasteiger partial charge on any atom is -0.295 e. The van der Waals surface area contributed by atoms with E-state index < -0.39 is 0 Å². The summed E-state index contributed by atoms with van der Waals surface area (Å²) in [4.78, 5) is 11.7. The molecule has 0 aliphatic rings. The highest BCUT2D eigenvalue weighted by atomic mass is 79.9. The molecule has 1 aromatic heterocycles. The van der Waals surface area contributed by atoms with Gasteiger partial charge < -0.3 is 0 Å². The van der Waals surface area contributed by atoms with Crippen LogP contribution in [-0.4, -0.2) is 9.13 Å². The molecular formula is C10H10Br2N2O. The summed E-state index contributed by atoms with van der Waals surface area (Å²) < 4.78 is 4.33. The van der Waals surface area contributed by atoms with Crippen molar-refractivity contribution in [3.8, 4) is 0 Å². The van der Waals surface area contributed by atoms with E-state index in [2.05, 4.69) is 31.9 Å². The lowest BCUT2D eigenvalue weighted by Crippen LogP contribution is -2.19. The lowest BCUT2D eigenvalue weighted by atomic mass is 10.2. The third kappa shape index (κ3) is 1.58. The van der Waals surface area contributed by atoms with Crippen LogP contribution < -0.4 is 5.69 Å². The molecule has 2 rings (SSSR count). The zero-order valence-corrected chi connectivity index (χ0v) is 11.6. The molecule has 0 saturated carbocycles. The molecule has 0 N–H and O–H groups in total. The molecule has 0 aliphatic carbocycles. The van der Waals surface area contributed by atoms with Crippen LogP contribution in [-0.2, 0) is 19.4 Å². The van der Waals surface area contributed by atoms with E-state index in [0.717, 1.165) is 26.4 Å². The summed E-state index contributed by atoms with van der Waals surface area (Å²) >= 11 is 6.91. The van der Waals surface area contributed by atoms with Crippen molar-refractivity contribution >= 4 is 42.9 Å². The number of aromatic nitrogens is 2. The SMILES string of the molecule is Cn1c(=O)n(C)c2cc(CBr)c(Br)cc21. The Kier molecular flexibility index (Phi) is 2.77. The van der Waals surface area contributed by atoms with Crippen molar-refractivity contribution in [2.45, 2.75) is 5.33 Å². The molecule has 0 unspecified atom stereocenters. The normalized spacial score (nSPS) is 11.2. The van der Waals surface area contributed by atoms with Gasteiger partial charge in [-0.25, -0.2) is 4.79 Å². The monoisotopic (exact) mass is 332 g/mol. The summed E-state index contributed by atoms with van der Waals surface area (Å²) in [7, 11) is 3.57. The summed E-state index contributed by atoms with van der Waals surface area (Å²) in [6, 6.07) is 4.00. The summed E-state index contributed by atoms with van der Waals surface area (Å²) in [5.74, 6) is 0. The van der Waals surface area contributed by atoms with Crippen molar-refractivity contribution in [2.75, 3.05) is 0 Å². The van der Waals surface area contributed by atoms with Crippen LogP contribution in [0.4, 0.5) is 0 Å². The molecule has 0 amide bonds. The van der Waals surface area contributed by atoms with E-state index >= 15 is 0 Å². The number of nitrogens with zero attached hydrogens (tertiary/aromatic N) is 2. The number of benzene rings is 1. The smallest absolute Gasteiger partial charge is 0.295 e. The van der Waals surface area contributed by atoms with Crippen molar-refractivity contribution in [3.05, 3.63) is 32.7 Å². The standard InChI is InChI=1S/C10H10Br2N2O/c1-13-8-3-6(5-11)7(12)4-9(8)14(2)10(13)15/h3-4H,5H2,1-2H3. The molecule has 3 nitrogen and oxygen atoms in total. The number of hydrogen-bond acceptors (Lipinski definition) is 1. The number of halogens is 2. The Hall–Kier alpha value is -0.550. The molecule has 0 saturated heterocycles. The molecule has 1 heterocycles. The molecule has 2 aromatic rings. The van der Waals surface area contributed by atoms with Gasteiger partial charge in [-0.2, -0.15) is 0 Å². The molecule has 0 atom stereocenters. The maximum atomic E-state index is 11.7. The van der Waals surface area contributed by atoms with E-state index in [-0.39, 0.29) is 5.69 Å². The Bertz CT molecular complexity index is 583. The highest BCUT2D eigenvalue weighted by Crippen LogP contribution is 2.25. The number of rotatable bonds is 1. The Labute approximate surface area is 104 Å². The first-order valence-corrected chi connectivity index (χ1v) is 6.37. The Balaban J connectivity index is 2.94. The summed E-state index contributed by atoms with van der Waals surface area (Å²) in [6.45, 7) is 0. The topological polar surface area (TPSA) is 26.9 Å². The highest BCUT2D eigenvalue weighted by molar-refractivity contribution is 9.10. The second-order valence-corrected chi connectivity index (χ2v) is 4.88. The van der Waals surface area contributed by atoms with Crippen LogP contribution in [0.2, 0.25) is 0 Å². The van der Waals surface area contributed by atoms with Gasteiger partial charge in [0.1, 0.15) is 0 Å². The predicted octanol–water partition coefficient (Wildman–Crippen LogP) is 2.53. The van der Waals surface area contributed by atoms with Crippen LogP contribution in [0.25, 0.3) is 11.0 Å². The zero-order valence-electron chi connectivity index (χ0n) is 8.42. The lowest BCUT2D eigenvalue weighted by molar-refractivity contribution is 0.795. The second-order valence-electron chi connectivity index (χ2n) is 3.47. The molecule has 5 heteroatoms. The Morgan fingerprint density at radius 3 is 2.27 bits per heavy atom. The van der Waals surface area contributed by atoms with E-state index in [1.54, 1.807) is 23.2 Å². The molecule has 0 bridgehead atoms. The molecular weight excluding hydrogens is 324 g/mol. The third-order valence-corrected chi connectivity index (χ3v) is 3.93. The molecule has 1 aromatic carbocycles. The average Bonchev–Trinajstić information content (AvgIpc) is 2.43. The number of imidazole rings is 1. The van der Waals surface area contributed by atoms with Gasteiger partial charge in [0.25, 0.3) is 0 Å². The van der Waals surface area contributed by atoms with Crippen molar-refractivity contribution in [2.24, 2.45) is 14.1 Å². The third-order valence-electron chi connectivity index (χ3n) is 2.58. The fourth-order valence-corrected chi connectivity index (χ4v) is 2.98. The maximum Gasteiger partial charge on any atom is 0.328 e. The van der Waals surface area contributed by atoms with E-state index in [0.29, 0.717) is 0 Å². The predicted molar refractivity (Wildman–Crippen MR) is 68.5 cm³/mol. The van der Waals surface area contributed by atoms with Gasteiger partial charge in [0, 0.05) is 23.9 Å². The van der Waals surface area contributed by atoms with Crippen LogP contribution in [0.1, 0.15) is 5.56 Å². The van der Waals surface area contributed by atoms with Crippen molar-refractivity contribution in [1.82, 2.24) is 9.13 Å². The minimum absolute atomic E-state index is 0.00335. The summed E-state index contributed by atoms with van der Waals surface area (Å²) in [5.41, 5.74) is 3.05. The molecule has 80 valence electrons. The van der Waals surface area contributed by atoms with Crippen LogP contribution in [0.3, 0.4) is 0 Å². The second kappa shape index (κ2) is 3.79. The highest BCUT2D eigenvalue weighted by Gasteiger charge is 2.10. The van der Waals surface area contributed by atoms with Gasteiger partial charge in [-0.15, -0.1) is 0 Å². The largest absolute Gasteiger partial charge is 0.328 e. The maximum absolute atomic E-state index is 11.7. The molecule has 0 spiro atoms. The fraction of sp³-hybridized carbons (Fsp3) is 0.300. The average molecular weight is 334 g/mol. The first-order valence-electron chi connectivity index (χ1n) is 4.46. The van der Waals surface area contributed by atoms with Crippen LogP contribution in [0.5, 0.6) is 0 Å². The molecule has 0 fully saturated rings. The molecule has 15 heavy (non-hydrogen) atoms. The fourth-order valence-electron chi connectivity index (χ4n) is 1.67. The van der Waals surface area contributed by atoms with Gasteiger partial charge in [-0.05, 0) is 17.7 Å². The van der Waals surface area contributed by atoms with E-state index in [9.17, 15) is 4.79 Å². The first kappa shape index (κ1) is 11.0. The van der Waals surface area contributed by atoms with E-state index in [1.165, 1.54) is 0 Å². The quantitative estimate of drug-likeness (QED) is 0.737. The van der Waals surface area contributed by atoms with E-state index in [1.807, 2.05) is 12.1 Å². The van der Waals surface area contributed by atoms with Gasteiger partial charge >= 0.3 is 5.69 Å². The van der Waals surface area contributed by atoms with E-state index in [4.69, 9.17) is 0 Å². The van der Waals surface area contributed by atoms with Crippen LogP contribution in [0, 0.1) is 0 Å². The Morgan fingerprint density at radius 1 is 1.20 bits per heavy atom. The van der Waals surface area contributed by atoms with Crippen LogP contribution >= 0.6 is 31.9 Å². The van der Waals surface area contributed by atoms with Gasteiger partial charge in [-0.1, -0.05) is 31.9 Å². The summed E-state index contributed by atoms with van der Waals surface area (Å²) in [6.07, 6.45) is 0. The van der Waals surface area contributed by atoms with Gasteiger partial charge in [0.15, 0.2) is 0 Å². The molecule has 0 radical (unpaired) electrons. The number of alkyl halides is 1. The lowest BCUT2D eigenvalue weighted by Gasteiger charge is -2.02. The summed E-state index contributed by atoms with van der Waals surface area (Å²) in [5, 5.41) is 0.770. The Morgan fingerprint density at radius 2 is 1.73 bits per heavy atom. The number of aryl methyl sites for hydroxylation is 2. The van der Waals surface area contributed by atoms with Crippen LogP contribution in [0.15, 0.2) is 21.4 Å². The first-order chi connectivity index (χ1) is 7.06. The number of hydrogen-bond donors (Lipinski definition) is 0. The minimum atomic E-state index is 0.00335.